The second-order valence-corrected chi connectivity index (χ2v) is 10.9. The van der Waals surface area contributed by atoms with Gasteiger partial charge in [-0.15, -0.1) is 18.2 Å². The van der Waals surface area contributed by atoms with Crippen LogP contribution in [0.2, 0.25) is 0 Å². The van der Waals surface area contributed by atoms with Crippen molar-refractivity contribution >= 4 is 16.8 Å². The summed E-state index contributed by atoms with van der Waals surface area (Å²) in [6.45, 7) is 13.2. The van der Waals surface area contributed by atoms with Gasteiger partial charge in [-0.05, 0) is 43.5 Å². The number of hydrogen-bond donors (Lipinski definition) is 1. The third-order valence-corrected chi connectivity index (χ3v) is 5.86. The van der Waals surface area contributed by atoms with E-state index in [1.165, 1.54) is 41.2 Å². The molecule has 4 nitrogen and oxygen atoms in total. The van der Waals surface area contributed by atoms with Gasteiger partial charge in [0.2, 0.25) is 0 Å². The first-order valence-corrected chi connectivity index (χ1v) is 11.7. The summed E-state index contributed by atoms with van der Waals surface area (Å²) in [6, 6.07) is 11.5. The molecule has 2 aromatic heterocycles. The maximum atomic E-state index is 11.5. The van der Waals surface area contributed by atoms with Crippen molar-refractivity contribution in [2.75, 3.05) is 0 Å². The molecule has 185 valence electrons. The number of rotatable bonds is 2. The number of ketones is 1. The molecule has 34 heavy (non-hydrogen) atoms. The van der Waals surface area contributed by atoms with Crippen molar-refractivity contribution < 1.29 is 34.4 Å². The van der Waals surface area contributed by atoms with Crippen molar-refractivity contribution in [3.63, 3.8) is 0 Å². The van der Waals surface area contributed by atoms with Crippen molar-refractivity contribution in [3.05, 3.63) is 65.3 Å². The van der Waals surface area contributed by atoms with E-state index < -0.39 is 5.41 Å². The molecule has 2 heterocycles. The number of carbonyl (C=O) groups is 1. The predicted molar refractivity (Wildman–Crippen MR) is 134 cm³/mol. The van der Waals surface area contributed by atoms with Gasteiger partial charge < -0.3 is 14.5 Å². The van der Waals surface area contributed by atoms with E-state index in [2.05, 4.69) is 30.1 Å². The van der Waals surface area contributed by atoms with E-state index in [0.717, 1.165) is 29.7 Å². The third kappa shape index (κ3) is 6.67. The van der Waals surface area contributed by atoms with Crippen LogP contribution < -0.4 is 0 Å². The SMILES string of the molecule is CC(C)(C)C(=O)/C=C(\O)C(C)(C)C.Cc1ccnc(-c2[c-]ccc3c4c(oc23)CCCC4)c1.[Ir]. The molecule has 4 rings (SSSR count). The maximum absolute atomic E-state index is 11.5. The number of pyridine rings is 1. The molecule has 1 radical (unpaired) electrons. The van der Waals surface area contributed by atoms with Gasteiger partial charge in [-0.3, -0.25) is 4.79 Å². The standard InChI is InChI=1S/C18H16NO.C11H20O2.Ir/c1-12-9-10-19-16(11-12)15-7-4-6-14-13-5-2-3-8-17(13)20-18(14)15;1-10(2,3)8(12)7-9(13)11(4,5)6;/h4,6,9-11H,2-3,5,8H2,1H3;7,12H,1-6H3;/q-1;;/b;8-7-;. The number of carbonyl (C=O) groups excluding carboxylic acids is 1. The van der Waals surface area contributed by atoms with Gasteiger partial charge >= 0.3 is 0 Å². The number of aromatic nitrogens is 1. The van der Waals surface area contributed by atoms with Crippen molar-refractivity contribution in [1.29, 1.82) is 0 Å². The molecule has 0 amide bonds. The minimum absolute atomic E-state index is 0. The zero-order valence-corrected chi connectivity index (χ0v) is 23.7. The number of benzene rings is 1. The Balaban J connectivity index is 0.000000258. The van der Waals surface area contributed by atoms with E-state index in [0.29, 0.717) is 0 Å². The minimum Gasteiger partial charge on any atom is -0.512 e. The van der Waals surface area contributed by atoms with Crippen LogP contribution in [0.15, 0.2) is 46.7 Å². The summed E-state index contributed by atoms with van der Waals surface area (Å²) in [5.41, 5.74) is 4.73. The number of hydrogen-bond acceptors (Lipinski definition) is 4. The summed E-state index contributed by atoms with van der Waals surface area (Å²) in [5, 5.41) is 10.8. The summed E-state index contributed by atoms with van der Waals surface area (Å²) in [5.74, 6) is 1.27. The van der Waals surface area contributed by atoms with E-state index >= 15 is 0 Å². The fourth-order valence-corrected chi connectivity index (χ4v) is 3.65. The molecular formula is C29H36IrNO3-. The van der Waals surface area contributed by atoms with Crippen LogP contribution in [-0.2, 0) is 37.7 Å². The van der Waals surface area contributed by atoms with Crippen LogP contribution in [0.3, 0.4) is 0 Å². The largest absolute Gasteiger partial charge is 0.512 e. The number of aliphatic hydroxyl groups excluding tert-OH is 1. The van der Waals surface area contributed by atoms with Gasteiger partial charge in [0.05, 0.1) is 11.3 Å². The fraction of sp³-hybridized carbons (Fsp3) is 0.448. The molecule has 0 saturated carbocycles. The van der Waals surface area contributed by atoms with Gasteiger partial charge in [-0.25, -0.2) is 0 Å². The predicted octanol–water partition coefficient (Wildman–Crippen LogP) is 7.57. The van der Waals surface area contributed by atoms with Crippen LogP contribution in [0.25, 0.3) is 22.2 Å². The summed E-state index contributed by atoms with van der Waals surface area (Å²) in [7, 11) is 0. The van der Waals surface area contributed by atoms with E-state index in [1.54, 1.807) is 0 Å². The summed E-state index contributed by atoms with van der Waals surface area (Å²) in [6.07, 6.45) is 7.87. The van der Waals surface area contributed by atoms with Crippen molar-refractivity contribution in [3.8, 4) is 11.3 Å². The summed E-state index contributed by atoms with van der Waals surface area (Å²) in [4.78, 5) is 16.0. The molecule has 0 aliphatic heterocycles. The number of allylic oxidation sites excluding steroid dienone is 2. The normalized spacial score (nSPS) is 14.0. The van der Waals surface area contributed by atoms with E-state index in [4.69, 9.17) is 4.42 Å². The van der Waals surface area contributed by atoms with Crippen molar-refractivity contribution in [2.45, 2.75) is 74.1 Å². The number of aryl methyl sites for hydroxylation is 3. The Labute approximate surface area is 217 Å². The molecule has 1 aliphatic rings. The van der Waals surface area contributed by atoms with Crippen LogP contribution in [0, 0.1) is 23.8 Å². The Kier molecular flexibility index (Phi) is 9.07. The first-order valence-electron chi connectivity index (χ1n) is 11.7. The quantitative estimate of drug-likeness (QED) is 0.179. The van der Waals surface area contributed by atoms with Crippen molar-refractivity contribution in [2.24, 2.45) is 10.8 Å². The maximum Gasteiger partial charge on any atom is 0.164 e. The molecule has 3 aromatic rings. The molecule has 0 unspecified atom stereocenters. The van der Waals surface area contributed by atoms with Crippen molar-refractivity contribution in [1.82, 2.24) is 4.98 Å². The monoisotopic (exact) mass is 639 g/mol. The zero-order valence-electron chi connectivity index (χ0n) is 21.3. The molecule has 0 atom stereocenters. The zero-order chi connectivity index (χ0) is 24.4. The molecule has 0 bridgehead atoms. The van der Waals surface area contributed by atoms with Gasteiger partial charge in [0, 0.05) is 49.6 Å². The number of nitrogens with zero attached hydrogens (tertiary/aromatic N) is 1. The van der Waals surface area contributed by atoms with E-state index in [-0.39, 0.29) is 37.1 Å². The van der Waals surface area contributed by atoms with E-state index in [1.807, 2.05) is 59.9 Å². The third-order valence-electron chi connectivity index (χ3n) is 5.86. The van der Waals surface area contributed by atoms with Crippen LogP contribution in [0.1, 0.15) is 71.3 Å². The first kappa shape index (κ1) is 28.0. The Bertz CT molecular complexity index is 1180. The summed E-state index contributed by atoms with van der Waals surface area (Å²) >= 11 is 0. The number of aliphatic hydroxyl groups is 1. The number of fused-ring (bicyclic) bond motifs is 3. The Morgan fingerprint density at radius 1 is 1.09 bits per heavy atom. The van der Waals surface area contributed by atoms with Gasteiger partial charge in [0.15, 0.2) is 5.78 Å². The van der Waals surface area contributed by atoms with Crippen LogP contribution in [0.4, 0.5) is 0 Å². The van der Waals surface area contributed by atoms with Gasteiger partial charge in [0.25, 0.3) is 0 Å². The Hall–Kier alpha value is -2.23. The first-order chi connectivity index (χ1) is 15.4. The molecule has 1 aromatic carbocycles. The molecule has 1 aliphatic carbocycles. The van der Waals surface area contributed by atoms with Crippen LogP contribution >= 0.6 is 0 Å². The van der Waals surface area contributed by atoms with E-state index in [9.17, 15) is 9.90 Å². The van der Waals surface area contributed by atoms with Crippen LogP contribution in [0.5, 0.6) is 0 Å². The topological polar surface area (TPSA) is 63.3 Å². The molecule has 1 N–H and O–H groups in total. The van der Waals surface area contributed by atoms with Crippen LogP contribution in [-0.4, -0.2) is 15.9 Å². The second kappa shape index (κ2) is 11.0. The fourth-order valence-electron chi connectivity index (χ4n) is 3.65. The number of furan rings is 1. The van der Waals surface area contributed by atoms with Gasteiger partial charge in [-0.1, -0.05) is 64.1 Å². The molecule has 0 saturated heterocycles. The molecule has 0 fully saturated rings. The summed E-state index contributed by atoms with van der Waals surface area (Å²) < 4.78 is 6.14. The average molecular weight is 639 g/mol. The van der Waals surface area contributed by atoms with Gasteiger partial charge in [0.1, 0.15) is 5.76 Å². The Morgan fingerprint density at radius 2 is 1.76 bits per heavy atom. The molecule has 5 heteroatoms. The van der Waals surface area contributed by atoms with Gasteiger partial charge in [-0.2, -0.15) is 0 Å². The Morgan fingerprint density at radius 3 is 2.38 bits per heavy atom. The minimum atomic E-state index is -0.417. The average Bonchev–Trinajstić information content (AvgIpc) is 3.11. The molecular weight excluding hydrogens is 603 g/mol. The smallest absolute Gasteiger partial charge is 0.164 e. The molecule has 0 spiro atoms. The second-order valence-electron chi connectivity index (χ2n) is 10.9.